The normalized spacial score (nSPS) is 22.0. The van der Waals surface area contributed by atoms with Gasteiger partial charge in [-0.1, -0.05) is 12.1 Å². The number of rotatable bonds is 4. The van der Waals surface area contributed by atoms with E-state index >= 15 is 0 Å². The van der Waals surface area contributed by atoms with E-state index in [1.165, 1.54) is 0 Å². The average Bonchev–Trinajstić information content (AvgIpc) is 2.67. The Morgan fingerprint density at radius 1 is 1.19 bits per heavy atom. The first-order valence-electron chi connectivity index (χ1n) is 9.12. The summed E-state index contributed by atoms with van der Waals surface area (Å²) >= 11 is 0. The van der Waals surface area contributed by atoms with Crippen LogP contribution in [-0.4, -0.2) is 64.5 Å². The zero-order chi connectivity index (χ0) is 18.0. The molecule has 4 heterocycles. The van der Waals surface area contributed by atoms with Crippen LogP contribution in [0.1, 0.15) is 23.3 Å². The number of piperidine rings is 1. The monoisotopic (exact) mass is 352 g/mol. The lowest BCUT2D eigenvalue weighted by Crippen LogP contribution is -2.72. The van der Waals surface area contributed by atoms with Crippen LogP contribution in [0.3, 0.4) is 0 Å². The summed E-state index contributed by atoms with van der Waals surface area (Å²) in [4.78, 5) is 25.3. The first-order valence-corrected chi connectivity index (χ1v) is 9.12. The fourth-order valence-corrected chi connectivity index (χ4v) is 4.02. The van der Waals surface area contributed by atoms with Gasteiger partial charge in [0.25, 0.3) is 5.91 Å². The van der Waals surface area contributed by atoms with Crippen molar-refractivity contribution in [3.05, 3.63) is 54.5 Å². The molecule has 2 aromatic rings. The Hall–Kier alpha value is -2.47. The van der Waals surface area contributed by atoms with E-state index < -0.39 is 0 Å². The predicted molar refractivity (Wildman–Crippen MR) is 98.0 cm³/mol. The van der Waals surface area contributed by atoms with Crippen molar-refractivity contribution in [1.29, 1.82) is 0 Å². The van der Waals surface area contributed by atoms with Gasteiger partial charge in [-0.05, 0) is 50.6 Å². The molecule has 0 unspecified atom stereocenters. The Morgan fingerprint density at radius 2 is 1.96 bits per heavy atom. The highest BCUT2D eigenvalue weighted by molar-refractivity contribution is 5.93. The molecule has 0 saturated carbocycles. The van der Waals surface area contributed by atoms with Gasteiger partial charge >= 0.3 is 0 Å². The summed E-state index contributed by atoms with van der Waals surface area (Å²) in [6.07, 6.45) is 5.57. The summed E-state index contributed by atoms with van der Waals surface area (Å²) in [5, 5.41) is 0. The van der Waals surface area contributed by atoms with Crippen molar-refractivity contribution >= 4 is 5.91 Å². The van der Waals surface area contributed by atoms with Crippen LogP contribution in [0.2, 0.25) is 0 Å². The molecule has 2 fully saturated rings. The van der Waals surface area contributed by atoms with Crippen LogP contribution < -0.4 is 4.74 Å². The summed E-state index contributed by atoms with van der Waals surface area (Å²) in [6, 6.07) is 11.2. The second-order valence-corrected chi connectivity index (χ2v) is 7.36. The minimum Gasteiger partial charge on any atom is -0.477 e. The van der Waals surface area contributed by atoms with Gasteiger partial charge in [-0.25, -0.2) is 4.98 Å². The number of likely N-dealkylation sites (tertiary alicyclic amines) is 2. The average molecular weight is 352 g/mol. The summed E-state index contributed by atoms with van der Waals surface area (Å²) in [6.45, 7) is 3.24. The standard InChI is InChI=1S/C20H24N4O2/c1-23-11-8-16(13-26-18-7-3-5-10-22-18)12-20(23)14-24(15-20)19(25)17-6-2-4-9-21-17/h2-7,9-10,16H,8,11-15H2,1H3/t16-/m1/s1. The molecule has 2 aliphatic heterocycles. The van der Waals surface area contributed by atoms with Crippen molar-refractivity contribution in [1.82, 2.24) is 19.8 Å². The number of nitrogens with zero attached hydrogens (tertiary/aromatic N) is 4. The van der Waals surface area contributed by atoms with Crippen molar-refractivity contribution < 1.29 is 9.53 Å². The molecule has 0 bridgehead atoms. The Labute approximate surface area is 153 Å². The molecule has 0 N–H and O–H groups in total. The smallest absolute Gasteiger partial charge is 0.272 e. The number of likely N-dealkylation sites (N-methyl/N-ethyl adjacent to an activating group) is 1. The van der Waals surface area contributed by atoms with Gasteiger partial charge in [0.2, 0.25) is 5.88 Å². The predicted octanol–water partition coefficient (Wildman–Crippen LogP) is 2.09. The first-order chi connectivity index (χ1) is 12.7. The molecule has 0 radical (unpaired) electrons. The molecule has 2 aliphatic rings. The van der Waals surface area contributed by atoms with E-state index in [1.807, 2.05) is 35.2 Å². The zero-order valence-electron chi connectivity index (χ0n) is 15.0. The van der Waals surface area contributed by atoms with E-state index in [2.05, 4.69) is 21.9 Å². The fourth-order valence-electron chi connectivity index (χ4n) is 4.02. The van der Waals surface area contributed by atoms with Crippen LogP contribution >= 0.6 is 0 Å². The number of carbonyl (C=O) groups is 1. The SMILES string of the molecule is CN1CC[C@@H](COc2ccccn2)CC12CN(C(=O)c1ccccn1)C2. The molecule has 26 heavy (non-hydrogen) atoms. The third-order valence-electron chi connectivity index (χ3n) is 5.60. The molecule has 0 aliphatic carbocycles. The number of ether oxygens (including phenoxy) is 1. The lowest BCUT2D eigenvalue weighted by atomic mass is 9.75. The van der Waals surface area contributed by atoms with E-state index in [-0.39, 0.29) is 11.4 Å². The molecule has 1 amide bonds. The number of pyridine rings is 2. The summed E-state index contributed by atoms with van der Waals surface area (Å²) in [5.41, 5.74) is 0.594. The molecule has 6 heteroatoms. The third-order valence-corrected chi connectivity index (χ3v) is 5.60. The maximum Gasteiger partial charge on any atom is 0.272 e. The first kappa shape index (κ1) is 17.0. The van der Waals surface area contributed by atoms with Gasteiger partial charge < -0.3 is 9.64 Å². The Bertz CT molecular complexity index is 747. The molecular formula is C20H24N4O2. The number of hydrogen-bond acceptors (Lipinski definition) is 5. The van der Waals surface area contributed by atoms with E-state index in [0.29, 0.717) is 24.1 Å². The van der Waals surface area contributed by atoms with Crippen molar-refractivity contribution in [3.63, 3.8) is 0 Å². The summed E-state index contributed by atoms with van der Waals surface area (Å²) < 4.78 is 5.87. The highest BCUT2D eigenvalue weighted by Gasteiger charge is 2.51. The summed E-state index contributed by atoms with van der Waals surface area (Å²) in [7, 11) is 2.17. The Kier molecular flexibility index (Phi) is 4.59. The van der Waals surface area contributed by atoms with Crippen LogP contribution in [0.5, 0.6) is 5.88 Å². The highest BCUT2D eigenvalue weighted by atomic mass is 16.5. The van der Waals surface area contributed by atoms with Crippen LogP contribution in [0, 0.1) is 5.92 Å². The Balaban J connectivity index is 1.35. The third kappa shape index (κ3) is 3.29. The maximum atomic E-state index is 12.6. The molecule has 6 nitrogen and oxygen atoms in total. The van der Waals surface area contributed by atoms with Crippen LogP contribution in [0.15, 0.2) is 48.8 Å². The van der Waals surface area contributed by atoms with Gasteiger partial charge in [0.1, 0.15) is 5.69 Å². The molecule has 4 rings (SSSR count). The van der Waals surface area contributed by atoms with Crippen LogP contribution in [0.4, 0.5) is 0 Å². The Morgan fingerprint density at radius 3 is 2.65 bits per heavy atom. The molecule has 2 saturated heterocycles. The number of aromatic nitrogens is 2. The number of amides is 1. The van der Waals surface area contributed by atoms with Gasteiger partial charge in [0, 0.05) is 31.5 Å². The van der Waals surface area contributed by atoms with Gasteiger partial charge in [-0.2, -0.15) is 0 Å². The van der Waals surface area contributed by atoms with Crippen molar-refractivity contribution in [2.45, 2.75) is 18.4 Å². The van der Waals surface area contributed by atoms with Gasteiger partial charge in [0.15, 0.2) is 0 Å². The topological polar surface area (TPSA) is 58.6 Å². The van der Waals surface area contributed by atoms with E-state index in [9.17, 15) is 4.79 Å². The van der Waals surface area contributed by atoms with E-state index in [1.54, 1.807) is 18.5 Å². The van der Waals surface area contributed by atoms with Crippen LogP contribution in [0.25, 0.3) is 0 Å². The van der Waals surface area contributed by atoms with Gasteiger partial charge in [-0.15, -0.1) is 0 Å². The number of carbonyl (C=O) groups excluding carboxylic acids is 1. The lowest BCUT2D eigenvalue weighted by molar-refractivity contribution is -0.0697. The van der Waals surface area contributed by atoms with Crippen molar-refractivity contribution in [2.75, 3.05) is 33.3 Å². The van der Waals surface area contributed by atoms with Gasteiger partial charge in [-0.3, -0.25) is 14.7 Å². The van der Waals surface area contributed by atoms with Crippen molar-refractivity contribution in [2.24, 2.45) is 5.92 Å². The highest BCUT2D eigenvalue weighted by Crippen LogP contribution is 2.38. The molecular weight excluding hydrogens is 328 g/mol. The lowest BCUT2D eigenvalue weighted by Gasteiger charge is -2.58. The fraction of sp³-hybridized carbons (Fsp3) is 0.450. The molecule has 2 aromatic heterocycles. The molecule has 1 atom stereocenters. The molecule has 1 spiro atoms. The zero-order valence-corrected chi connectivity index (χ0v) is 15.0. The quantitative estimate of drug-likeness (QED) is 0.843. The second kappa shape index (κ2) is 7.03. The minimum atomic E-state index is 0.0245. The maximum absolute atomic E-state index is 12.6. The van der Waals surface area contributed by atoms with Crippen molar-refractivity contribution in [3.8, 4) is 5.88 Å². The van der Waals surface area contributed by atoms with E-state index in [4.69, 9.17) is 4.74 Å². The van der Waals surface area contributed by atoms with Crippen LogP contribution in [-0.2, 0) is 0 Å². The largest absolute Gasteiger partial charge is 0.477 e. The van der Waals surface area contributed by atoms with Gasteiger partial charge in [0.05, 0.1) is 12.1 Å². The van der Waals surface area contributed by atoms with E-state index in [0.717, 1.165) is 32.5 Å². The second-order valence-electron chi connectivity index (χ2n) is 7.36. The summed E-state index contributed by atoms with van der Waals surface area (Å²) in [5.74, 6) is 1.19. The number of hydrogen-bond donors (Lipinski definition) is 0. The molecule has 0 aromatic carbocycles. The molecule has 136 valence electrons. The minimum absolute atomic E-state index is 0.0245.